The number of ether oxygens (including phenoxy) is 1. The SMILES string of the molecule is O=c1ccc(C(c2ccccc2)c2ccccc2)nn1CCCCc1cccc(OCC(O)=C2CCC2)c1. The molecule has 0 unspecified atom stereocenters. The molecular weight excluding hydrogens is 472 g/mol. The monoisotopic (exact) mass is 506 g/mol. The van der Waals surface area contributed by atoms with Crippen LogP contribution in [0.3, 0.4) is 0 Å². The van der Waals surface area contributed by atoms with Crippen molar-refractivity contribution in [1.29, 1.82) is 0 Å². The van der Waals surface area contributed by atoms with Crippen molar-refractivity contribution in [3.05, 3.63) is 141 Å². The van der Waals surface area contributed by atoms with Crippen LogP contribution in [-0.4, -0.2) is 21.5 Å². The zero-order valence-electron chi connectivity index (χ0n) is 21.6. The van der Waals surface area contributed by atoms with E-state index in [1.165, 1.54) is 5.56 Å². The Labute approximate surface area is 224 Å². The molecule has 0 amide bonds. The summed E-state index contributed by atoms with van der Waals surface area (Å²) in [6.07, 6.45) is 5.77. The number of allylic oxidation sites excluding steroid dienone is 1. The van der Waals surface area contributed by atoms with Crippen molar-refractivity contribution in [3.8, 4) is 5.75 Å². The number of unbranched alkanes of at least 4 members (excludes halogenated alkanes) is 1. The quantitative estimate of drug-likeness (QED) is 0.179. The number of aliphatic hydroxyl groups excluding tert-OH is 1. The van der Waals surface area contributed by atoms with E-state index in [0.717, 1.165) is 66.7 Å². The van der Waals surface area contributed by atoms with Crippen LogP contribution in [0.1, 0.15) is 60.4 Å². The number of aromatic nitrogens is 2. The smallest absolute Gasteiger partial charge is 0.266 e. The molecule has 38 heavy (non-hydrogen) atoms. The van der Waals surface area contributed by atoms with Crippen LogP contribution in [0, 0.1) is 0 Å². The van der Waals surface area contributed by atoms with Gasteiger partial charge >= 0.3 is 0 Å². The van der Waals surface area contributed by atoms with Gasteiger partial charge in [-0.25, -0.2) is 4.68 Å². The highest BCUT2D eigenvalue weighted by Gasteiger charge is 2.19. The Morgan fingerprint density at radius 3 is 2.24 bits per heavy atom. The molecule has 0 bridgehead atoms. The second-order valence-corrected chi connectivity index (χ2v) is 9.87. The summed E-state index contributed by atoms with van der Waals surface area (Å²) in [4.78, 5) is 12.6. The third kappa shape index (κ3) is 6.41. The first-order chi connectivity index (χ1) is 18.7. The molecule has 194 valence electrons. The maximum atomic E-state index is 12.6. The Bertz CT molecular complexity index is 1380. The summed E-state index contributed by atoms with van der Waals surface area (Å²) in [6, 6.07) is 32.1. The Morgan fingerprint density at radius 1 is 0.868 bits per heavy atom. The standard InChI is InChI=1S/C33H34N2O3/c36-31(26-17-10-18-26)24-38-29-19-9-12-25(23-29)11-7-8-22-35-32(37)21-20-30(34-35)33(27-13-3-1-4-14-27)28-15-5-2-6-16-28/h1-6,9,12-16,19-21,23,33,36H,7-8,10-11,17-18,22,24H2. The number of hydrogen-bond donors (Lipinski definition) is 1. The average molecular weight is 507 g/mol. The first-order valence-electron chi connectivity index (χ1n) is 13.5. The minimum absolute atomic E-state index is 0.0358. The highest BCUT2D eigenvalue weighted by molar-refractivity contribution is 5.39. The van der Waals surface area contributed by atoms with Crippen molar-refractivity contribution in [3.63, 3.8) is 0 Å². The Balaban J connectivity index is 1.22. The molecule has 1 aliphatic carbocycles. The number of aliphatic hydroxyl groups is 1. The van der Waals surface area contributed by atoms with Gasteiger partial charge < -0.3 is 9.84 Å². The van der Waals surface area contributed by atoms with E-state index in [2.05, 4.69) is 30.3 Å². The van der Waals surface area contributed by atoms with Gasteiger partial charge in [-0.15, -0.1) is 0 Å². The number of rotatable bonds is 11. The van der Waals surface area contributed by atoms with Gasteiger partial charge in [-0.2, -0.15) is 5.10 Å². The van der Waals surface area contributed by atoms with Gasteiger partial charge in [0.15, 0.2) is 0 Å². The lowest BCUT2D eigenvalue weighted by Crippen LogP contribution is -2.24. The van der Waals surface area contributed by atoms with Crippen molar-refractivity contribution < 1.29 is 9.84 Å². The first kappa shape index (κ1) is 25.5. The molecule has 3 aromatic carbocycles. The summed E-state index contributed by atoms with van der Waals surface area (Å²) in [5.41, 5.74) is 5.39. The lowest BCUT2D eigenvalue weighted by Gasteiger charge is -2.19. The van der Waals surface area contributed by atoms with E-state index in [9.17, 15) is 9.90 Å². The van der Waals surface area contributed by atoms with E-state index in [-0.39, 0.29) is 18.1 Å². The van der Waals surface area contributed by atoms with Gasteiger partial charge in [-0.1, -0.05) is 72.8 Å². The van der Waals surface area contributed by atoms with Gasteiger partial charge in [0, 0.05) is 12.6 Å². The first-order valence-corrected chi connectivity index (χ1v) is 13.5. The molecule has 0 atom stereocenters. The largest absolute Gasteiger partial charge is 0.509 e. The Hall–Kier alpha value is -4.12. The van der Waals surface area contributed by atoms with Crippen molar-refractivity contribution >= 4 is 0 Å². The molecule has 0 spiro atoms. The summed E-state index contributed by atoms with van der Waals surface area (Å²) in [5, 5.41) is 14.9. The summed E-state index contributed by atoms with van der Waals surface area (Å²) < 4.78 is 7.40. The van der Waals surface area contributed by atoms with Gasteiger partial charge in [0.25, 0.3) is 5.56 Å². The molecule has 1 saturated carbocycles. The maximum absolute atomic E-state index is 12.6. The van der Waals surface area contributed by atoms with E-state index in [0.29, 0.717) is 12.3 Å². The van der Waals surface area contributed by atoms with E-state index in [4.69, 9.17) is 9.84 Å². The van der Waals surface area contributed by atoms with E-state index >= 15 is 0 Å². The second-order valence-electron chi connectivity index (χ2n) is 9.87. The molecule has 1 heterocycles. The number of nitrogens with zero attached hydrogens (tertiary/aromatic N) is 2. The molecule has 0 radical (unpaired) electrons. The molecule has 1 fully saturated rings. The van der Waals surface area contributed by atoms with Gasteiger partial charge in [0.2, 0.25) is 0 Å². The Kier molecular flexibility index (Phi) is 8.34. The van der Waals surface area contributed by atoms with Gasteiger partial charge in [-0.3, -0.25) is 4.79 Å². The van der Waals surface area contributed by atoms with Crippen molar-refractivity contribution in [2.75, 3.05) is 6.61 Å². The minimum atomic E-state index is -0.0792. The summed E-state index contributed by atoms with van der Waals surface area (Å²) in [6.45, 7) is 0.803. The molecule has 0 aliphatic heterocycles. The number of benzene rings is 3. The molecule has 1 aliphatic rings. The zero-order chi connectivity index (χ0) is 26.2. The van der Waals surface area contributed by atoms with Crippen LogP contribution in [0.25, 0.3) is 0 Å². The summed E-state index contributed by atoms with van der Waals surface area (Å²) in [7, 11) is 0. The number of hydrogen-bond acceptors (Lipinski definition) is 4. The van der Waals surface area contributed by atoms with Gasteiger partial charge in [0.05, 0.1) is 11.6 Å². The highest BCUT2D eigenvalue weighted by Crippen LogP contribution is 2.30. The molecule has 4 aromatic rings. The van der Waals surface area contributed by atoms with Gasteiger partial charge in [-0.05, 0) is 79.0 Å². The summed E-state index contributed by atoms with van der Waals surface area (Å²) in [5.74, 6) is 1.11. The zero-order valence-corrected chi connectivity index (χ0v) is 21.6. The van der Waals surface area contributed by atoms with E-state index < -0.39 is 0 Å². The molecule has 5 nitrogen and oxygen atoms in total. The fourth-order valence-corrected chi connectivity index (χ4v) is 4.88. The molecule has 1 N–H and O–H groups in total. The van der Waals surface area contributed by atoms with Crippen LogP contribution in [0.4, 0.5) is 0 Å². The van der Waals surface area contributed by atoms with Crippen LogP contribution in [0.15, 0.2) is 113 Å². The molecular formula is C33H34N2O3. The molecule has 1 aromatic heterocycles. The van der Waals surface area contributed by atoms with Crippen LogP contribution in [0.5, 0.6) is 5.75 Å². The van der Waals surface area contributed by atoms with E-state index in [1.807, 2.05) is 60.7 Å². The fourth-order valence-electron chi connectivity index (χ4n) is 4.88. The third-order valence-corrected chi connectivity index (χ3v) is 7.17. The van der Waals surface area contributed by atoms with Crippen molar-refractivity contribution in [2.24, 2.45) is 0 Å². The topological polar surface area (TPSA) is 64.4 Å². The minimum Gasteiger partial charge on any atom is -0.509 e. The normalized spacial score (nSPS) is 12.8. The van der Waals surface area contributed by atoms with Crippen LogP contribution in [0.2, 0.25) is 0 Å². The van der Waals surface area contributed by atoms with Crippen LogP contribution >= 0.6 is 0 Å². The Morgan fingerprint density at radius 2 is 1.58 bits per heavy atom. The predicted molar refractivity (Wildman–Crippen MR) is 151 cm³/mol. The predicted octanol–water partition coefficient (Wildman–Crippen LogP) is 6.82. The molecule has 0 saturated heterocycles. The third-order valence-electron chi connectivity index (χ3n) is 7.17. The van der Waals surface area contributed by atoms with Crippen LogP contribution in [-0.2, 0) is 13.0 Å². The lowest BCUT2D eigenvalue weighted by atomic mass is 9.88. The summed E-state index contributed by atoms with van der Waals surface area (Å²) >= 11 is 0. The molecule has 5 heteroatoms. The van der Waals surface area contributed by atoms with Gasteiger partial charge in [0.1, 0.15) is 18.1 Å². The van der Waals surface area contributed by atoms with Crippen LogP contribution < -0.4 is 10.3 Å². The lowest BCUT2D eigenvalue weighted by molar-refractivity contribution is 0.260. The fraction of sp³-hybridized carbons (Fsp3) is 0.273. The van der Waals surface area contributed by atoms with E-state index in [1.54, 1.807) is 10.7 Å². The number of aryl methyl sites for hydroxylation is 2. The van der Waals surface area contributed by atoms with Crippen molar-refractivity contribution in [2.45, 2.75) is 51.0 Å². The average Bonchev–Trinajstić information content (AvgIpc) is 2.92. The highest BCUT2D eigenvalue weighted by atomic mass is 16.5. The van der Waals surface area contributed by atoms with Crippen molar-refractivity contribution in [1.82, 2.24) is 9.78 Å². The maximum Gasteiger partial charge on any atom is 0.266 e. The molecule has 5 rings (SSSR count). The second kappa shape index (κ2) is 12.4.